The molecule has 41 heavy (non-hydrogen) atoms. The number of hydrogen-bond donors (Lipinski definition) is 5. The van der Waals surface area contributed by atoms with Gasteiger partial charge >= 0.3 is 19.6 Å². The van der Waals surface area contributed by atoms with Gasteiger partial charge in [0.05, 0.1) is 26.1 Å². The van der Waals surface area contributed by atoms with Gasteiger partial charge in [-0.05, 0) is 26.7 Å². The highest BCUT2D eigenvalue weighted by Crippen LogP contribution is 2.45. The molecule has 1 unspecified atom stereocenters. The van der Waals surface area contributed by atoms with E-state index in [4.69, 9.17) is 30.9 Å². The van der Waals surface area contributed by atoms with Gasteiger partial charge in [0.15, 0.2) is 23.2 Å². The smallest absolute Gasteiger partial charge is 0.341 e. The number of ether oxygens (including phenoxy) is 3. The van der Waals surface area contributed by atoms with Gasteiger partial charge in [0.1, 0.15) is 25.3 Å². The van der Waals surface area contributed by atoms with Crippen molar-refractivity contribution in [3.05, 3.63) is 6.33 Å². The second-order valence-electron chi connectivity index (χ2n) is 9.18. The van der Waals surface area contributed by atoms with Crippen molar-refractivity contribution < 1.29 is 42.4 Å². The lowest BCUT2D eigenvalue weighted by Gasteiger charge is -2.24. The summed E-state index contributed by atoms with van der Waals surface area (Å²) in [5, 5.41) is 18.8. The Bertz CT molecular complexity index is 1340. The lowest BCUT2D eigenvalue weighted by Crippen LogP contribution is -2.42. The van der Waals surface area contributed by atoms with Crippen LogP contribution in [0.4, 0.5) is 16.2 Å². The van der Waals surface area contributed by atoms with Gasteiger partial charge in [-0.25, -0.2) is 19.5 Å². The largest absolute Gasteiger partial charge is 0.465 e. The number of imidazole rings is 1. The summed E-state index contributed by atoms with van der Waals surface area (Å²) in [5.41, 5.74) is 3.47. The van der Waals surface area contributed by atoms with E-state index < -0.39 is 63.4 Å². The number of anilines is 2. The molecule has 1 aliphatic carbocycles. The summed E-state index contributed by atoms with van der Waals surface area (Å²) in [6, 6.07) is 0.209. The normalized spacial score (nSPS) is 24.2. The zero-order chi connectivity index (χ0) is 29.8. The maximum absolute atomic E-state index is 16.1. The number of aliphatic hydroxyl groups is 1. The first-order chi connectivity index (χ1) is 19.5. The molecule has 6 N–H and O–H groups in total. The topological polar surface area (TPSA) is 214 Å². The summed E-state index contributed by atoms with van der Waals surface area (Å²) in [5.74, 6) is 0.707. The molecule has 0 radical (unpaired) electrons. The second kappa shape index (κ2) is 12.6. The number of carbonyl (C=O) groups is 2. The zero-order valence-corrected chi connectivity index (χ0v) is 23.3. The molecule has 3 heterocycles. The van der Waals surface area contributed by atoms with E-state index in [1.54, 1.807) is 13.8 Å². The van der Waals surface area contributed by atoms with E-state index in [0.717, 1.165) is 12.8 Å². The first-order valence-electron chi connectivity index (χ1n) is 12.9. The van der Waals surface area contributed by atoms with E-state index in [-0.39, 0.29) is 30.9 Å². The Morgan fingerprint density at radius 1 is 1.27 bits per heavy atom. The Balaban J connectivity index is 1.54. The monoisotopic (exact) mass is 598 g/mol. The van der Waals surface area contributed by atoms with Crippen molar-refractivity contribution >= 4 is 42.5 Å². The molecule has 2 aromatic heterocycles. The Labute approximate surface area is 234 Å². The maximum atomic E-state index is 16.1. The first kappa shape index (κ1) is 30.6. The van der Waals surface area contributed by atoms with Crippen molar-refractivity contribution in [1.29, 1.82) is 0 Å². The van der Waals surface area contributed by atoms with Crippen molar-refractivity contribution in [2.45, 2.75) is 56.8 Å². The number of nitrogens with one attached hydrogen (secondary N) is 3. The third kappa shape index (κ3) is 6.92. The molecule has 16 nitrogen and oxygen atoms in total. The number of terminal acetylenes is 1. The van der Waals surface area contributed by atoms with Gasteiger partial charge in [-0.1, -0.05) is 5.92 Å². The third-order valence-electron chi connectivity index (χ3n) is 6.17. The fourth-order valence-electron chi connectivity index (χ4n) is 4.02. The van der Waals surface area contributed by atoms with Crippen LogP contribution in [0.3, 0.4) is 0 Å². The van der Waals surface area contributed by atoms with Gasteiger partial charge in [-0.3, -0.25) is 18.7 Å². The van der Waals surface area contributed by atoms with Crippen LogP contribution < -0.4 is 21.2 Å². The van der Waals surface area contributed by atoms with Gasteiger partial charge < -0.3 is 34.9 Å². The van der Waals surface area contributed by atoms with Crippen molar-refractivity contribution in [2.75, 3.05) is 44.0 Å². The molecule has 0 bridgehead atoms. The van der Waals surface area contributed by atoms with Crippen LogP contribution in [0.25, 0.3) is 11.2 Å². The molecule has 2 aromatic rings. The van der Waals surface area contributed by atoms with Crippen LogP contribution in [-0.4, -0.2) is 93.4 Å². The summed E-state index contributed by atoms with van der Waals surface area (Å²) in [7, 11) is -4.17. The fourth-order valence-corrected chi connectivity index (χ4v) is 5.35. The average molecular weight is 599 g/mol. The van der Waals surface area contributed by atoms with Gasteiger partial charge in [-0.2, -0.15) is 9.97 Å². The van der Waals surface area contributed by atoms with E-state index >= 15 is 4.39 Å². The van der Waals surface area contributed by atoms with Crippen LogP contribution in [0, 0.1) is 12.3 Å². The van der Waals surface area contributed by atoms with Crippen molar-refractivity contribution in [3.63, 3.8) is 0 Å². The highest BCUT2D eigenvalue weighted by Gasteiger charge is 2.58. The van der Waals surface area contributed by atoms with Crippen molar-refractivity contribution in [2.24, 2.45) is 0 Å². The Kier molecular flexibility index (Phi) is 9.42. The molecule has 18 heteroatoms. The van der Waals surface area contributed by atoms with Crippen molar-refractivity contribution in [3.8, 4) is 12.3 Å². The highest BCUT2D eigenvalue weighted by atomic mass is 31.2. The quantitative estimate of drug-likeness (QED) is 0.110. The molecule has 2 aliphatic rings. The number of nitrogens with zero attached hydrogens (tertiary/aromatic N) is 4. The van der Waals surface area contributed by atoms with E-state index in [1.807, 2.05) is 5.92 Å². The number of fused-ring (bicyclic) bond motifs is 1. The van der Waals surface area contributed by atoms with Gasteiger partial charge in [0, 0.05) is 6.04 Å². The number of esters is 2. The van der Waals surface area contributed by atoms with E-state index in [2.05, 4.69) is 30.4 Å². The molecule has 1 saturated heterocycles. The minimum atomic E-state index is -4.17. The molecule has 1 saturated carbocycles. The molecule has 0 spiro atoms. The summed E-state index contributed by atoms with van der Waals surface area (Å²) in [4.78, 5) is 36.2. The molecular weight excluding hydrogens is 566 g/mol. The molecule has 0 aromatic carbocycles. The van der Waals surface area contributed by atoms with Crippen LogP contribution in [0.2, 0.25) is 0 Å². The molecule has 0 amide bonds. The standard InChI is InChI=1S/C23H32FN8O8P/c1-4-23(24)18(35)14(11-39-41(36,27-9-15(33)37-5-2)28-10-16(34)38-6-3)40-21(23)32-12-26-17-19(29-13-7-8-13)30-22(25)31-20(17)32/h1,12-14,18,21,35H,5-11H2,2-3H3,(H2,27,28,36)(H3,25,29,30,31)/t14-,18?,21-,23+/m1/s1. The van der Waals surface area contributed by atoms with E-state index in [0.29, 0.717) is 11.3 Å². The van der Waals surface area contributed by atoms with Crippen LogP contribution in [0.1, 0.15) is 32.9 Å². The number of hydrogen-bond acceptors (Lipinski definition) is 13. The minimum absolute atomic E-state index is 0.0771. The number of nitrogens with two attached hydrogens (primary N) is 1. The van der Waals surface area contributed by atoms with E-state index in [9.17, 15) is 19.3 Å². The average Bonchev–Trinajstić information content (AvgIpc) is 3.60. The number of nitrogen functional groups attached to an aromatic ring is 1. The second-order valence-corrected chi connectivity index (χ2v) is 11.2. The summed E-state index contributed by atoms with van der Waals surface area (Å²) >= 11 is 0. The van der Waals surface area contributed by atoms with Crippen LogP contribution in [-0.2, 0) is 32.9 Å². The SMILES string of the molecule is C#C[C@]1(F)C(O)[C@@H](COP(=O)(NCC(=O)OCC)NCC(=O)OCC)O[C@H]1n1cnc2c(NC3CC3)nc(N)nc21. The van der Waals surface area contributed by atoms with Crippen LogP contribution in [0.15, 0.2) is 6.33 Å². The highest BCUT2D eigenvalue weighted by molar-refractivity contribution is 7.54. The van der Waals surface area contributed by atoms with Gasteiger partial charge in [0.2, 0.25) is 11.6 Å². The lowest BCUT2D eigenvalue weighted by molar-refractivity contribution is -0.142. The third-order valence-corrected chi connectivity index (χ3v) is 7.83. The molecule has 2 fully saturated rings. The zero-order valence-electron chi connectivity index (χ0n) is 22.4. The molecule has 1 aliphatic heterocycles. The molecule has 4 atom stereocenters. The number of aliphatic hydroxyl groups excluding tert-OH is 1. The van der Waals surface area contributed by atoms with Gasteiger partial charge in [-0.15, -0.1) is 6.42 Å². The fraction of sp³-hybridized carbons (Fsp3) is 0.609. The molecule has 4 rings (SSSR count). The summed E-state index contributed by atoms with van der Waals surface area (Å²) < 4.78 is 51.5. The predicted octanol–water partition coefficient (Wildman–Crippen LogP) is 0.0127. The molecular formula is C23H32FN8O8P. The number of aromatic nitrogens is 4. The van der Waals surface area contributed by atoms with Gasteiger partial charge in [0.25, 0.3) is 0 Å². The molecule has 224 valence electrons. The van der Waals surface area contributed by atoms with Crippen LogP contribution >= 0.6 is 7.67 Å². The van der Waals surface area contributed by atoms with E-state index in [1.165, 1.54) is 10.9 Å². The first-order valence-corrected chi connectivity index (χ1v) is 14.5. The lowest BCUT2D eigenvalue weighted by atomic mass is 9.97. The summed E-state index contributed by atoms with van der Waals surface area (Å²) in [6.45, 7) is 1.56. The number of carbonyl (C=O) groups excluding carboxylic acids is 2. The Morgan fingerprint density at radius 3 is 2.46 bits per heavy atom. The number of halogens is 1. The summed E-state index contributed by atoms with van der Waals surface area (Å²) in [6.07, 6.45) is 3.59. The predicted molar refractivity (Wildman–Crippen MR) is 142 cm³/mol. The van der Waals surface area contributed by atoms with Crippen LogP contribution in [0.5, 0.6) is 0 Å². The van der Waals surface area contributed by atoms with Crippen molar-refractivity contribution in [1.82, 2.24) is 29.7 Å². The number of rotatable bonds is 14. The maximum Gasteiger partial charge on any atom is 0.341 e. The minimum Gasteiger partial charge on any atom is -0.465 e. The number of alkyl halides is 1. The Hall–Kier alpha value is -3.39. The Morgan fingerprint density at radius 2 is 1.90 bits per heavy atom.